The van der Waals surface area contributed by atoms with E-state index in [-0.39, 0.29) is 0 Å². The van der Waals surface area contributed by atoms with Crippen molar-refractivity contribution in [2.75, 3.05) is 24.3 Å². The molecule has 1 saturated carbocycles. The zero-order valence-corrected chi connectivity index (χ0v) is 11.9. The quantitative estimate of drug-likeness (QED) is 0.903. The Labute approximate surface area is 119 Å². The summed E-state index contributed by atoms with van der Waals surface area (Å²) in [5, 5.41) is 3.12. The zero-order valence-electron chi connectivity index (χ0n) is 11.9. The van der Waals surface area contributed by atoms with Crippen molar-refractivity contribution in [1.29, 1.82) is 0 Å². The number of aromatic nitrogens is 3. The topological polar surface area (TPSA) is 53.9 Å². The average Bonchev–Trinajstić information content (AvgIpc) is 3.32. The summed E-state index contributed by atoms with van der Waals surface area (Å²) in [5.74, 6) is 3.35. The van der Waals surface area contributed by atoms with Gasteiger partial charge in [-0.25, -0.2) is 9.97 Å². The highest BCUT2D eigenvalue weighted by Gasteiger charge is 2.27. The third kappa shape index (κ3) is 2.87. The van der Waals surface area contributed by atoms with E-state index in [1.54, 1.807) is 6.20 Å². The van der Waals surface area contributed by atoms with E-state index in [4.69, 9.17) is 4.98 Å². The summed E-state index contributed by atoms with van der Waals surface area (Å²) < 4.78 is 0. The number of hydrogen-bond acceptors (Lipinski definition) is 5. The number of anilines is 2. The molecule has 5 heteroatoms. The highest BCUT2D eigenvalue weighted by molar-refractivity contribution is 5.49. The third-order valence-corrected chi connectivity index (χ3v) is 3.46. The standard InChI is InChI=1S/C15H19N5/c1-16-13-8-14(19-15(18-13)12-5-6-12)20(2)10-11-4-3-7-17-9-11/h3-4,7-9,12H,5-6,10H2,1-2H3,(H,16,18,19). The zero-order chi connectivity index (χ0) is 13.9. The molecule has 1 N–H and O–H groups in total. The predicted molar refractivity (Wildman–Crippen MR) is 79.9 cm³/mol. The Hall–Kier alpha value is -2.17. The second kappa shape index (κ2) is 5.45. The van der Waals surface area contributed by atoms with Crippen molar-refractivity contribution in [3.63, 3.8) is 0 Å². The van der Waals surface area contributed by atoms with E-state index in [1.165, 1.54) is 18.4 Å². The van der Waals surface area contributed by atoms with Crippen LogP contribution in [0.5, 0.6) is 0 Å². The molecule has 0 saturated heterocycles. The van der Waals surface area contributed by atoms with Crippen LogP contribution in [-0.2, 0) is 6.54 Å². The van der Waals surface area contributed by atoms with Crippen molar-refractivity contribution in [2.45, 2.75) is 25.3 Å². The molecule has 0 atom stereocenters. The van der Waals surface area contributed by atoms with Gasteiger partial charge in [-0.2, -0.15) is 0 Å². The normalized spacial score (nSPS) is 14.1. The molecule has 0 radical (unpaired) electrons. The van der Waals surface area contributed by atoms with Gasteiger partial charge in [0.15, 0.2) is 0 Å². The van der Waals surface area contributed by atoms with Crippen molar-refractivity contribution in [1.82, 2.24) is 15.0 Å². The molecular weight excluding hydrogens is 250 g/mol. The molecular formula is C15H19N5. The smallest absolute Gasteiger partial charge is 0.136 e. The van der Waals surface area contributed by atoms with Gasteiger partial charge < -0.3 is 10.2 Å². The highest BCUT2D eigenvalue weighted by atomic mass is 15.2. The van der Waals surface area contributed by atoms with Gasteiger partial charge in [-0.05, 0) is 24.5 Å². The fraction of sp³-hybridized carbons (Fsp3) is 0.400. The second-order valence-electron chi connectivity index (χ2n) is 5.21. The minimum absolute atomic E-state index is 0.550. The second-order valence-corrected chi connectivity index (χ2v) is 5.21. The van der Waals surface area contributed by atoms with E-state index in [0.29, 0.717) is 5.92 Å². The summed E-state index contributed by atoms with van der Waals surface area (Å²) in [6.45, 7) is 0.790. The summed E-state index contributed by atoms with van der Waals surface area (Å²) in [6, 6.07) is 6.02. The number of nitrogens with zero attached hydrogens (tertiary/aromatic N) is 4. The van der Waals surface area contributed by atoms with E-state index in [0.717, 1.165) is 24.0 Å². The molecule has 0 aromatic carbocycles. The van der Waals surface area contributed by atoms with Gasteiger partial charge >= 0.3 is 0 Å². The van der Waals surface area contributed by atoms with Crippen LogP contribution >= 0.6 is 0 Å². The Bertz CT molecular complexity index is 580. The van der Waals surface area contributed by atoms with E-state index < -0.39 is 0 Å². The maximum atomic E-state index is 4.69. The molecule has 0 unspecified atom stereocenters. The fourth-order valence-corrected chi connectivity index (χ4v) is 2.15. The van der Waals surface area contributed by atoms with Gasteiger partial charge in [-0.1, -0.05) is 6.07 Å². The lowest BCUT2D eigenvalue weighted by molar-refractivity contribution is 0.852. The molecule has 104 valence electrons. The minimum atomic E-state index is 0.550. The van der Waals surface area contributed by atoms with E-state index in [9.17, 15) is 0 Å². The Balaban J connectivity index is 1.83. The summed E-state index contributed by atoms with van der Waals surface area (Å²) in [5.41, 5.74) is 1.17. The van der Waals surface area contributed by atoms with Gasteiger partial charge in [0.2, 0.25) is 0 Å². The molecule has 3 rings (SSSR count). The van der Waals surface area contributed by atoms with Crippen molar-refractivity contribution in [2.24, 2.45) is 0 Å². The first kappa shape index (κ1) is 12.8. The highest BCUT2D eigenvalue weighted by Crippen LogP contribution is 2.39. The van der Waals surface area contributed by atoms with Crippen LogP contribution in [-0.4, -0.2) is 29.0 Å². The maximum Gasteiger partial charge on any atom is 0.136 e. The van der Waals surface area contributed by atoms with Crippen molar-refractivity contribution in [3.8, 4) is 0 Å². The third-order valence-electron chi connectivity index (χ3n) is 3.46. The van der Waals surface area contributed by atoms with Crippen LogP contribution < -0.4 is 10.2 Å². The molecule has 0 aliphatic heterocycles. The average molecular weight is 269 g/mol. The van der Waals surface area contributed by atoms with Crippen LogP contribution in [0.15, 0.2) is 30.6 Å². The lowest BCUT2D eigenvalue weighted by Crippen LogP contribution is -2.19. The largest absolute Gasteiger partial charge is 0.373 e. The Morgan fingerprint density at radius 1 is 1.35 bits per heavy atom. The van der Waals surface area contributed by atoms with Gasteiger partial charge in [-0.3, -0.25) is 4.98 Å². The van der Waals surface area contributed by atoms with Crippen LogP contribution in [0.25, 0.3) is 0 Å². The first-order valence-corrected chi connectivity index (χ1v) is 6.93. The minimum Gasteiger partial charge on any atom is -0.373 e. The van der Waals surface area contributed by atoms with Crippen LogP contribution in [0.3, 0.4) is 0 Å². The van der Waals surface area contributed by atoms with Gasteiger partial charge in [-0.15, -0.1) is 0 Å². The monoisotopic (exact) mass is 269 g/mol. The Morgan fingerprint density at radius 3 is 2.85 bits per heavy atom. The van der Waals surface area contributed by atoms with Crippen molar-refractivity contribution in [3.05, 3.63) is 42.0 Å². The lowest BCUT2D eigenvalue weighted by atomic mass is 10.2. The van der Waals surface area contributed by atoms with Gasteiger partial charge in [0.1, 0.15) is 17.5 Å². The summed E-state index contributed by atoms with van der Waals surface area (Å²) >= 11 is 0. The van der Waals surface area contributed by atoms with Crippen molar-refractivity contribution < 1.29 is 0 Å². The molecule has 2 aromatic rings. The summed E-state index contributed by atoms with van der Waals surface area (Å²) in [6.07, 6.45) is 6.09. The van der Waals surface area contributed by atoms with Gasteiger partial charge in [0.05, 0.1) is 0 Å². The maximum absolute atomic E-state index is 4.69. The molecule has 20 heavy (non-hydrogen) atoms. The number of hydrogen-bond donors (Lipinski definition) is 1. The number of nitrogens with one attached hydrogen (secondary N) is 1. The first-order chi connectivity index (χ1) is 9.76. The van der Waals surface area contributed by atoms with Gasteiger partial charge in [0.25, 0.3) is 0 Å². The Kier molecular flexibility index (Phi) is 3.50. The molecule has 0 bridgehead atoms. The Morgan fingerprint density at radius 2 is 2.20 bits per heavy atom. The number of pyridine rings is 1. The van der Waals surface area contributed by atoms with E-state index >= 15 is 0 Å². The van der Waals surface area contributed by atoms with Crippen LogP contribution in [0.4, 0.5) is 11.6 Å². The van der Waals surface area contributed by atoms with Crippen LogP contribution in [0.1, 0.15) is 30.1 Å². The molecule has 0 spiro atoms. The molecule has 1 aliphatic carbocycles. The lowest BCUT2D eigenvalue weighted by Gasteiger charge is -2.19. The number of rotatable bonds is 5. The molecule has 1 aliphatic rings. The van der Waals surface area contributed by atoms with Crippen LogP contribution in [0, 0.1) is 0 Å². The summed E-state index contributed by atoms with van der Waals surface area (Å²) in [4.78, 5) is 15.5. The molecule has 1 fully saturated rings. The molecule has 2 heterocycles. The SMILES string of the molecule is CNc1cc(N(C)Cc2cccnc2)nc(C2CC2)n1. The molecule has 0 amide bonds. The first-order valence-electron chi connectivity index (χ1n) is 6.93. The fourth-order valence-electron chi connectivity index (χ4n) is 2.15. The summed E-state index contributed by atoms with van der Waals surface area (Å²) in [7, 11) is 3.94. The predicted octanol–water partition coefficient (Wildman–Crippen LogP) is 2.43. The molecule has 2 aromatic heterocycles. The van der Waals surface area contributed by atoms with Crippen LogP contribution in [0.2, 0.25) is 0 Å². The van der Waals surface area contributed by atoms with Gasteiger partial charge in [0, 0.05) is 45.0 Å². The molecule has 5 nitrogen and oxygen atoms in total. The van der Waals surface area contributed by atoms with Crippen molar-refractivity contribution >= 4 is 11.6 Å². The van der Waals surface area contributed by atoms with E-state index in [2.05, 4.69) is 26.3 Å². The van der Waals surface area contributed by atoms with E-state index in [1.807, 2.05) is 32.4 Å².